The molecule has 0 amide bonds. The van der Waals surface area contributed by atoms with E-state index in [1.807, 2.05) is 21.1 Å². The lowest BCUT2D eigenvalue weighted by Crippen LogP contribution is -2.40. The Kier molecular flexibility index (Phi) is 61.6. The van der Waals surface area contributed by atoms with E-state index in [4.69, 9.17) is 18.9 Å². The number of carboxylic acids is 1. The van der Waals surface area contributed by atoms with E-state index in [-0.39, 0.29) is 38.6 Å². The number of quaternary nitrogens is 1. The summed E-state index contributed by atoms with van der Waals surface area (Å²) in [6.07, 6.45) is 99.5. The van der Waals surface area contributed by atoms with Crippen LogP contribution in [-0.4, -0.2) is 87.4 Å². The molecule has 9 nitrogen and oxygen atoms in total. The third kappa shape index (κ3) is 67.5. The van der Waals surface area contributed by atoms with Gasteiger partial charge in [0.1, 0.15) is 13.2 Å². The first-order valence-corrected chi connectivity index (χ1v) is 33.6. The molecule has 1 N–H and O–H groups in total. The summed E-state index contributed by atoms with van der Waals surface area (Å²) in [6, 6.07) is 0. The van der Waals surface area contributed by atoms with E-state index in [9.17, 15) is 19.5 Å². The van der Waals surface area contributed by atoms with Crippen molar-refractivity contribution in [1.82, 2.24) is 0 Å². The molecule has 0 aromatic heterocycles. The van der Waals surface area contributed by atoms with Gasteiger partial charge in [0, 0.05) is 12.8 Å². The fraction of sp³-hybridized carbons (Fsp3) is 0.551. The first kappa shape index (κ1) is 81.1. The quantitative estimate of drug-likeness (QED) is 0.0211. The number of hydrogen-bond donors (Lipinski definition) is 1. The average Bonchev–Trinajstić information content (AvgIpc) is 3.59. The molecular formula is C78H122NO8+. The molecule has 0 aromatic rings. The van der Waals surface area contributed by atoms with Crippen molar-refractivity contribution in [3.63, 3.8) is 0 Å². The van der Waals surface area contributed by atoms with Gasteiger partial charge in [-0.3, -0.25) is 9.59 Å². The summed E-state index contributed by atoms with van der Waals surface area (Å²) in [4.78, 5) is 37.6. The van der Waals surface area contributed by atoms with Gasteiger partial charge in [-0.15, -0.1) is 0 Å². The minimum atomic E-state index is -1.53. The number of nitrogens with zero attached hydrogens (tertiary/aromatic N) is 1. The molecule has 0 aliphatic carbocycles. The van der Waals surface area contributed by atoms with Crippen LogP contribution in [0.25, 0.3) is 0 Å². The number of esters is 2. The zero-order chi connectivity index (χ0) is 63.3. The van der Waals surface area contributed by atoms with Crippen molar-refractivity contribution in [2.75, 3.05) is 47.5 Å². The Labute approximate surface area is 532 Å². The van der Waals surface area contributed by atoms with Gasteiger partial charge in [0.2, 0.25) is 0 Å². The number of carbonyl (C=O) groups is 3. The van der Waals surface area contributed by atoms with Crippen molar-refractivity contribution in [2.24, 2.45) is 0 Å². The number of rotatable bonds is 59. The molecule has 9 heteroatoms. The predicted molar refractivity (Wildman–Crippen MR) is 372 cm³/mol. The summed E-state index contributed by atoms with van der Waals surface area (Å²) < 4.78 is 22.9. The Hall–Kier alpha value is -5.87. The number of hydrogen-bond acceptors (Lipinski definition) is 7. The molecule has 0 heterocycles. The Morgan fingerprint density at radius 1 is 0.345 bits per heavy atom. The number of aliphatic carboxylic acids is 1. The molecule has 0 aliphatic rings. The van der Waals surface area contributed by atoms with Crippen molar-refractivity contribution in [2.45, 2.75) is 232 Å². The summed E-state index contributed by atoms with van der Waals surface area (Å²) >= 11 is 0. The molecular weight excluding hydrogens is 1080 g/mol. The first-order valence-electron chi connectivity index (χ1n) is 33.6. The number of carboxylic acid groups (broad SMARTS) is 1. The summed E-state index contributed by atoms with van der Waals surface area (Å²) in [5, 5.41) is 9.74. The van der Waals surface area contributed by atoms with Gasteiger partial charge in [0.15, 0.2) is 6.10 Å². The highest BCUT2D eigenvalue weighted by atomic mass is 16.7. The number of carbonyl (C=O) groups excluding carboxylic acids is 2. The Balaban J connectivity index is 4.32. The molecule has 87 heavy (non-hydrogen) atoms. The van der Waals surface area contributed by atoms with E-state index in [0.29, 0.717) is 17.4 Å². The van der Waals surface area contributed by atoms with Crippen LogP contribution in [0.5, 0.6) is 0 Å². The lowest BCUT2D eigenvalue weighted by atomic mass is 10.1. The zero-order valence-corrected chi connectivity index (χ0v) is 55.3. The van der Waals surface area contributed by atoms with Gasteiger partial charge in [0.05, 0.1) is 34.4 Å². The molecule has 486 valence electrons. The van der Waals surface area contributed by atoms with E-state index in [1.54, 1.807) is 0 Å². The standard InChI is InChI=1S/C78H121NO8/c1-6-8-10-12-14-16-18-20-22-24-26-28-30-32-34-36-37-38-39-41-43-45-47-49-51-53-55-57-59-61-63-65-67-69-76(81)87-74(73-86-78(77(82)83)84-71-70-79(3,4)5)72-85-75(80)68-66-64-62-60-58-56-54-52-50-48-46-44-42-40-35-33-31-29-27-25-23-21-19-17-15-13-11-9-7-2/h8-11,14-17,20-23,26-29,32-35,37-38,41-44,47-50,53,55,74,78H,6-7,12-13,18-19,24-25,30-31,36,39-40,45-46,51-52,54,56-73H2,1-5H3/p+1/b10-8-,11-9-,16-14-,17-15-,22-20-,23-21-,28-26-,29-27-,34-32-,35-33-,38-37-,43-41-,44-42-,49-47-,50-48-,55-53-. The number of allylic oxidation sites excluding steroid dienone is 32. The van der Waals surface area contributed by atoms with Gasteiger partial charge in [0.25, 0.3) is 6.29 Å². The number of unbranched alkanes of at least 4 members (excludes halogenated alkanes) is 12. The van der Waals surface area contributed by atoms with Crippen LogP contribution in [0.4, 0.5) is 0 Å². The van der Waals surface area contributed by atoms with Crippen LogP contribution in [0.2, 0.25) is 0 Å². The van der Waals surface area contributed by atoms with Crippen LogP contribution in [-0.2, 0) is 33.3 Å². The minimum absolute atomic E-state index is 0.170. The summed E-state index contributed by atoms with van der Waals surface area (Å²) in [5.74, 6) is -2.07. The SMILES string of the molecule is CC/C=C\C/C=C\C/C=C\C/C=C\C/C=C\C/C=C\C/C=C\C/C=C\C/C=C\CCCCCCCC(=O)OC(COC(=O)CCCCCCCCC/C=C\C/C=C\C/C=C\C/C=C\C/C=C\C/C=C\C/C=C\CC)COC(OCC[N+](C)(C)C)C(=O)O. The average molecular weight is 1200 g/mol. The minimum Gasteiger partial charge on any atom is -0.477 e. The van der Waals surface area contributed by atoms with Crippen molar-refractivity contribution >= 4 is 17.9 Å². The highest BCUT2D eigenvalue weighted by molar-refractivity contribution is 5.71. The van der Waals surface area contributed by atoms with Crippen molar-refractivity contribution < 1.29 is 42.9 Å². The summed E-state index contributed by atoms with van der Waals surface area (Å²) in [5.41, 5.74) is 0. The Morgan fingerprint density at radius 2 is 0.621 bits per heavy atom. The van der Waals surface area contributed by atoms with Crippen molar-refractivity contribution in [3.8, 4) is 0 Å². The van der Waals surface area contributed by atoms with Gasteiger partial charge in [-0.25, -0.2) is 4.79 Å². The van der Waals surface area contributed by atoms with Gasteiger partial charge in [-0.1, -0.05) is 260 Å². The second-order valence-electron chi connectivity index (χ2n) is 22.7. The first-order chi connectivity index (χ1) is 42.6. The molecule has 0 rings (SSSR count). The maximum atomic E-state index is 12.9. The maximum Gasteiger partial charge on any atom is 0.361 e. The Bertz CT molecular complexity index is 2130. The van der Waals surface area contributed by atoms with Gasteiger partial charge < -0.3 is 28.5 Å². The smallest absolute Gasteiger partial charge is 0.361 e. The Morgan fingerprint density at radius 3 is 0.920 bits per heavy atom. The lowest BCUT2D eigenvalue weighted by molar-refractivity contribution is -0.870. The fourth-order valence-corrected chi connectivity index (χ4v) is 8.28. The van der Waals surface area contributed by atoms with Crippen molar-refractivity contribution in [1.29, 1.82) is 0 Å². The topological polar surface area (TPSA) is 108 Å². The van der Waals surface area contributed by atoms with E-state index >= 15 is 0 Å². The van der Waals surface area contributed by atoms with Gasteiger partial charge >= 0.3 is 17.9 Å². The molecule has 2 atom stereocenters. The molecule has 2 unspecified atom stereocenters. The normalized spacial score (nSPS) is 14.0. The largest absolute Gasteiger partial charge is 0.477 e. The third-order valence-corrected chi connectivity index (χ3v) is 13.3. The van der Waals surface area contributed by atoms with Crippen LogP contribution >= 0.6 is 0 Å². The third-order valence-electron chi connectivity index (χ3n) is 13.3. The van der Waals surface area contributed by atoms with Crippen molar-refractivity contribution in [3.05, 3.63) is 194 Å². The summed E-state index contributed by atoms with van der Waals surface area (Å²) in [6.45, 7) is 4.58. The zero-order valence-electron chi connectivity index (χ0n) is 55.3. The highest BCUT2D eigenvalue weighted by Gasteiger charge is 2.25. The highest BCUT2D eigenvalue weighted by Crippen LogP contribution is 2.14. The molecule has 0 fully saturated rings. The van der Waals surface area contributed by atoms with Crippen LogP contribution in [0.1, 0.15) is 219 Å². The van der Waals surface area contributed by atoms with Crippen LogP contribution < -0.4 is 0 Å². The number of ether oxygens (including phenoxy) is 4. The molecule has 0 spiro atoms. The predicted octanol–water partition coefficient (Wildman–Crippen LogP) is 21.0. The van der Waals surface area contributed by atoms with E-state index in [1.165, 1.54) is 19.3 Å². The maximum absolute atomic E-state index is 12.9. The molecule has 0 aliphatic heterocycles. The van der Waals surface area contributed by atoms with E-state index < -0.39 is 24.3 Å². The second-order valence-corrected chi connectivity index (χ2v) is 22.7. The van der Waals surface area contributed by atoms with Gasteiger partial charge in [-0.05, 0) is 141 Å². The van der Waals surface area contributed by atoms with Gasteiger partial charge in [-0.2, -0.15) is 0 Å². The second kappa shape index (κ2) is 66.1. The summed E-state index contributed by atoms with van der Waals surface area (Å²) in [7, 11) is 5.95. The van der Waals surface area contributed by atoms with Crippen LogP contribution in [0, 0.1) is 0 Å². The molecule has 0 radical (unpaired) electrons. The monoisotopic (exact) mass is 1200 g/mol. The lowest BCUT2D eigenvalue weighted by Gasteiger charge is -2.25. The molecule has 0 saturated heterocycles. The van der Waals surface area contributed by atoms with E-state index in [0.717, 1.165) is 167 Å². The van der Waals surface area contributed by atoms with E-state index in [2.05, 4.69) is 208 Å². The molecule has 0 saturated carbocycles. The fourth-order valence-electron chi connectivity index (χ4n) is 8.28. The molecule has 0 bridgehead atoms. The number of likely N-dealkylation sites (N-methyl/N-ethyl adjacent to an activating group) is 1. The molecule has 0 aromatic carbocycles. The van der Waals surface area contributed by atoms with Crippen LogP contribution in [0.3, 0.4) is 0 Å². The van der Waals surface area contributed by atoms with Crippen LogP contribution in [0.15, 0.2) is 194 Å².